The summed E-state index contributed by atoms with van der Waals surface area (Å²) < 4.78 is 12.3. The Bertz CT molecular complexity index is 668. The normalized spacial score (nSPS) is 10.9. The van der Waals surface area contributed by atoms with Crippen molar-refractivity contribution in [2.24, 2.45) is 0 Å². The summed E-state index contributed by atoms with van der Waals surface area (Å²) in [6.45, 7) is 4.51. The van der Waals surface area contributed by atoms with E-state index in [1.165, 1.54) is 7.11 Å². The Morgan fingerprint density at radius 3 is 2.68 bits per heavy atom. The molecule has 0 bridgehead atoms. The van der Waals surface area contributed by atoms with Crippen LogP contribution >= 0.6 is 0 Å². The quantitative estimate of drug-likeness (QED) is 0.738. The minimum absolute atomic E-state index is 0.0447. The van der Waals surface area contributed by atoms with E-state index in [-0.39, 0.29) is 30.2 Å². The van der Waals surface area contributed by atoms with E-state index in [0.717, 1.165) is 12.8 Å². The van der Waals surface area contributed by atoms with Gasteiger partial charge in [-0.3, -0.25) is 9.36 Å². The molecule has 2 aromatic heterocycles. The molecule has 0 aromatic carbocycles. The molecule has 8 heteroatoms. The third kappa shape index (κ3) is 3.26. The van der Waals surface area contributed by atoms with Gasteiger partial charge in [-0.25, -0.2) is 0 Å². The summed E-state index contributed by atoms with van der Waals surface area (Å²) in [6.07, 6.45) is 2.33. The van der Waals surface area contributed by atoms with Crippen LogP contribution in [-0.2, 0) is 11.3 Å². The summed E-state index contributed by atoms with van der Waals surface area (Å²) in [5.41, 5.74) is 6.76. The fourth-order valence-electron chi connectivity index (χ4n) is 1.94. The van der Waals surface area contributed by atoms with Gasteiger partial charge in [0.05, 0.1) is 20.3 Å². The van der Waals surface area contributed by atoms with Crippen molar-refractivity contribution < 1.29 is 14.3 Å². The molecule has 0 radical (unpaired) electrons. The van der Waals surface area contributed by atoms with Crippen LogP contribution in [0.3, 0.4) is 0 Å². The minimum atomic E-state index is 0.0447. The number of nitrogens with zero attached hydrogens (tertiary/aromatic N) is 4. The molecule has 0 unspecified atom stereocenters. The average molecular weight is 307 g/mol. The fourth-order valence-corrected chi connectivity index (χ4v) is 1.94. The highest BCUT2D eigenvalue weighted by molar-refractivity contribution is 5.85. The first kappa shape index (κ1) is 16.0. The summed E-state index contributed by atoms with van der Waals surface area (Å²) in [4.78, 5) is 24.4. The number of carbonyl (C=O) groups is 1. The number of methoxy groups -OCH3 is 1. The van der Waals surface area contributed by atoms with Crippen molar-refractivity contribution in [2.75, 3.05) is 19.5 Å². The maximum absolute atomic E-state index is 11.8. The van der Waals surface area contributed by atoms with Gasteiger partial charge in [0.2, 0.25) is 0 Å². The number of Topliss-reactive ketones (excluding diaryl/α,β-unsaturated/α-hetero) is 1. The SMILES string of the molecule is CCCCOc1nc(N)c2nc(OC)n(CC(=O)CC)c2n1. The van der Waals surface area contributed by atoms with Gasteiger partial charge in [-0.1, -0.05) is 20.3 Å². The lowest BCUT2D eigenvalue weighted by atomic mass is 10.3. The fraction of sp³-hybridized carbons (Fsp3) is 0.571. The summed E-state index contributed by atoms with van der Waals surface area (Å²) in [5.74, 6) is 0.251. The van der Waals surface area contributed by atoms with Crippen LogP contribution in [0.15, 0.2) is 0 Å². The number of hydrogen-bond donors (Lipinski definition) is 1. The molecule has 0 aliphatic rings. The molecule has 2 aromatic rings. The molecule has 0 atom stereocenters. The van der Waals surface area contributed by atoms with E-state index in [9.17, 15) is 4.79 Å². The largest absolute Gasteiger partial charge is 0.468 e. The molecule has 2 rings (SSSR count). The average Bonchev–Trinajstić information content (AvgIpc) is 2.86. The molecule has 0 saturated heterocycles. The molecular formula is C14H21N5O3. The van der Waals surface area contributed by atoms with Crippen LogP contribution in [0.5, 0.6) is 12.0 Å². The number of hydrogen-bond acceptors (Lipinski definition) is 7. The summed E-state index contributed by atoms with van der Waals surface area (Å²) in [6, 6.07) is 0.467. The smallest absolute Gasteiger partial charge is 0.320 e. The minimum Gasteiger partial charge on any atom is -0.468 e. The van der Waals surface area contributed by atoms with Crippen molar-refractivity contribution in [3.05, 3.63) is 0 Å². The number of nitrogen functional groups attached to an aromatic ring is 1. The summed E-state index contributed by atoms with van der Waals surface area (Å²) in [5, 5.41) is 0. The van der Waals surface area contributed by atoms with Gasteiger partial charge in [0, 0.05) is 6.42 Å². The van der Waals surface area contributed by atoms with E-state index in [4.69, 9.17) is 15.2 Å². The standard InChI is InChI=1S/C14H21N5O3/c1-4-6-7-22-13-17-11(15)10-12(18-13)19(8-9(20)5-2)14(16-10)21-3/h4-8H2,1-3H3,(H2,15,17,18). The van der Waals surface area contributed by atoms with E-state index >= 15 is 0 Å². The van der Waals surface area contributed by atoms with Crippen molar-refractivity contribution in [1.29, 1.82) is 0 Å². The Kier molecular flexibility index (Phi) is 5.13. The zero-order chi connectivity index (χ0) is 16.1. The highest BCUT2D eigenvalue weighted by Crippen LogP contribution is 2.25. The zero-order valence-corrected chi connectivity index (χ0v) is 13.1. The predicted molar refractivity (Wildman–Crippen MR) is 82.0 cm³/mol. The Morgan fingerprint density at radius 2 is 2.05 bits per heavy atom. The molecule has 0 aliphatic heterocycles. The molecular weight excluding hydrogens is 286 g/mol. The van der Waals surface area contributed by atoms with Crippen LogP contribution in [0.4, 0.5) is 5.82 Å². The molecule has 8 nitrogen and oxygen atoms in total. The topological polar surface area (TPSA) is 105 Å². The van der Waals surface area contributed by atoms with E-state index in [1.807, 2.05) is 0 Å². The first-order valence-electron chi connectivity index (χ1n) is 7.32. The van der Waals surface area contributed by atoms with Gasteiger partial charge in [-0.2, -0.15) is 15.0 Å². The van der Waals surface area contributed by atoms with E-state index < -0.39 is 0 Å². The summed E-state index contributed by atoms with van der Waals surface area (Å²) in [7, 11) is 1.48. The Labute approximate surface area is 128 Å². The number of ether oxygens (including phenoxy) is 2. The van der Waals surface area contributed by atoms with Crippen molar-refractivity contribution >= 4 is 22.8 Å². The van der Waals surface area contributed by atoms with Crippen LogP contribution in [0.2, 0.25) is 0 Å². The molecule has 0 spiro atoms. The Hall–Kier alpha value is -2.38. The van der Waals surface area contributed by atoms with Gasteiger partial charge in [0.15, 0.2) is 22.8 Å². The summed E-state index contributed by atoms with van der Waals surface area (Å²) >= 11 is 0. The van der Waals surface area contributed by atoms with Gasteiger partial charge < -0.3 is 15.2 Å². The van der Waals surface area contributed by atoms with Crippen molar-refractivity contribution in [3.8, 4) is 12.0 Å². The van der Waals surface area contributed by atoms with Crippen molar-refractivity contribution in [3.63, 3.8) is 0 Å². The Balaban J connectivity index is 2.44. The monoisotopic (exact) mass is 307 g/mol. The van der Waals surface area contributed by atoms with E-state index in [1.54, 1.807) is 11.5 Å². The number of aromatic nitrogens is 4. The number of imidazole rings is 1. The second-order valence-electron chi connectivity index (χ2n) is 4.84. The van der Waals surface area contributed by atoms with Gasteiger partial charge in [-0.05, 0) is 6.42 Å². The number of fused-ring (bicyclic) bond motifs is 1. The molecule has 22 heavy (non-hydrogen) atoms. The third-order valence-electron chi connectivity index (χ3n) is 3.21. The van der Waals surface area contributed by atoms with Crippen LogP contribution in [0, 0.1) is 0 Å². The lowest BCUT2D eigenvalue weighted by molar-refractivity contribution is -0.119. The van der Waals surface area contributed by atoms with Gasteiger partial charge in [0.25, 0.3) is 6.01 Å². The maximum atomic E-state index is 11.8. The highest BCUT2D eigenvalue weighted by Gasteiger charge is 2.19. The van der Waals surface area contributed by atoms with Gasteiger partial charge in [-0.15, -0.1) is 0 Å². The van der Waals surface area contributed by atoms with Crippen LogP contribution in [-0.4, -0.2) is 39.0 Å². The first-order chi connectivity index (χ1) is 10.6. The molecule has 120 valence electrons. The number of ketones is 1. The highest BCUT2D eigenvalue weighted by atomic mass is 16.5. The van der Waals surface area contributed by atoms with Crippen molar-refractivity contribution in [2.45, 2.75) is 39.7 Å². The number of anilines is 1. The number of unbranched alkanes of at least 4 members (excludes halogenated alkanes) is 1. The van der Waals surface area contributed by atoms with Gasteiger partial charge in [0.1, 0.15) is 0 Å². The first-order valence-corrected chi connectivity index (χ1v) is 7.32. The zero-order valence-electron chi connectivity index (χ0n) is 13.1. The number of rotatable bonds is 8. The molecule has 2 N–H and O–H groups in total. The van der Waals surface area contributed by atoms with E-state index in [2.05, 4.69) is 21.9 Å². The van der Waals surface area contributed by atoms with E-state index in [0.29, 0.717) is 24.2 Å². The number of nitrogens with two attached hydrogens (primary N) is 1. The van der Waals surface area contributed by atoms with Crippen molar-refractivity contribution in [1.82, 2.24) is 19.5 Å². The predicted octanol–water partition coefficient (Wildman–Crippen LogP) is 1.58. The second kappa shape index (κ2) is 7.06. The second-order valence-corrected chi connectivity index (χ2v) is 4.84. The van der Waals surface area contributed by atoms with Gasteiger partial charge >= 0.3 is 6.01 Å². The molecule has 0 fully saturated rings. The molecule has 2 heterocycles. The maximum Gasteiger partial charge on any atom is 0.320 e. The molecule has 0 aliphatic carbocycles. The Morgan fingerprint density at radius 1 is 1.27 bits per heavy atom. The van der Waals surface area contributed by atoms with Crippen LogP contribution < -0.4 is 15.2 Å². The molecule has 0 saturated carbocycles. The molecule has 0 amide bonds. The van der Waals surface area contributed by atoms with Crippen LogP contribution in [0.25, 0.3) is 11.2 Å². The van der Waals surface area contributed by atoms with Crippen LogP contribution in [0.1, 0.15) is 33.1 Å². The lowest BCUT2D eigenvalue weighted by Gasteiger charge is -2.07. The lowest BCUT2D eigenvalue weighted by Crippen LogP contribution is -2.11. The number of carbonyl (C=O) groups excluding carboxylic acids is 1. The third-order valence-corrected chi connectivity index (χ3v) is 3.21.